The number of hydrogen-bond donors (Lipinski definition) is 1. The van der Waals surface area contributed by atoms with E-state index in [4.69, 9.17) is 9.47 Å². The maximum absolute atomic E-state index is 13.0. The Morgan fingerprint density at radius 1 is 1.18 bits per heavy atom. The Hall–Kier alpha value is -4.34. The summed E-state index contributed by atoms with van der Waals surface area (Å²) < 4.78 is 10.4. The minimum absolute atomic E-state index is 0.189. The summed E-state index contributed by atoms with van der Waals surface area (Å²) in [7, 11) is 4.97. The fraction of sp³-hybridized carbons (Fsp3) is 0.250. The molecule has 34 heavy (non-hydrogen) atoms. The van der Waals surface area contributed by atoms with Gasteiger partial charge in [-0.25, -0.2) is 4.98 Å². The third-order valence-electron chi connectivity index (χ3n) is 5.38. The van der Waals surface area contributed by atoms with Crippen molar-refractivity contribution in [2.75, 3.05) is 26.6 Å². The van der Waals surface area contributed by atoms with Crippen molar-refractivity contribution >= 4 is 24.1 Å². The van der Waals surface area contributed by atoms with Gasteiger partial charge < -0.3 is 19.7 Å². The highest BCUT2D eigenvalue weighted by molar-refractivity contribution is 6.05. The first-order valence-electron chi connectivity index (χ1n) is 10.6. The molecule has 3 aromatic rings. The minimum atomic E-state index is -0.358. The van der Waals surface area contributed by atoms with Crippen molar-refractivity contribution in [3.8, 4) is 23.0 Å². The Labute approximate surface area is 197 Å². The molecule has 0 spiro atoms. The summed E-state index contributed by atoms with van der Waals surface area (Å²) in [6.07, 6.45) is 5.37. The van der Waals surface area contributed by atoms with Crippen LogP contribution in [0.4, 0.5) is 5.69 Å². The molecule has 1 amide bonds. The van der Waals surface area contributed by atoms with Gasteiger partial charge in [0.2, 0.25) is 5.88 Å². The van der Waals surface area contributed by atoms with E-state index in [0.717, 1.165) is 18.4 Å². The van der Waals surface area contributed by atoms with Gasteiger partial charge in [-0.15, -0.1) is 5.10 Å². The molecule has 0 radical (unpaired) electrons. The van der Waals surface area contributed by atoms with E-state index in [1.54, 1.807) is 24.5 Å². The van der Waals surface area contributed by atoms with Gasteiger partial charge in [0.25, 0.3) is 5.91 Å². The van der Waals surface area contributed by atoms with Gasteiger partial charge in [-0.2, -0.15) is 10.1 Å². The maximum atomic E-state index is 13.0. The highest BCUT2D eigenvalue weighted by Gasteiger charge is 2.29. The second-order valence-electron chi connectivity index (χ2n) is 7.65. The van der Waals surface area contributed by atoms with Gasteiger partial charge in [-0.3, -0.25) is 9.78 Å². The molecule has 1 N–H and O–H groups in total. The first kappa shape index (κ1) is 22.8. The van der Waals surface area contributed by atoms with Crippen molar-refractivity contribution in [3.63, 3.8) is 0 Å². The zero-order valence-electron chi connectivity index (χ0n) is 19.2. The molecule has 174 valence electrons. The number of carbonyl (C=O) groups excluding carboxylic acids is 1. The largest absolute Gasteiger partial charge is 0.480 e. The molecular weight excluding hydrogens is 434 g/mol. The van der Waals surface area contributed by atoms with Crippen molar-refractivity contribution in [1.82, 2.24) is 19.9 Å². The number of amides is 1. The summed E-state index contributed by atoms with van der Waals surface area (Å²) in [5, 5.41) is 10.8. The van der Waals surface area contributed by atoms with Crippen molar-refractivity contribution in [2.45, 2.75) is 18.9 Å². The molecule has 0 aliphatic heterocycles. The summed E-state index contributed by atoms with van der Waals surface area (Å²) in [5.41, 5.74) is 2.98. The lowest BCUT2D eigenvalue weighted by Gasteiger charge is -2.20. The maximum Gasteiger partial charge on any atom is 0.319 e. The molecule has 2 heterocycles. The molecule has 4 rings (SSSR count). The van der Waals surface area contributed by atoms with Crippen LogP contribution in [0.3, 0.4) is 0 Å². The number of hydrogen-bond acceptors (Lipinski definition) is 8. The molecule has 1 aromatic carbocycles. The summed E-state index contributed by atoms with van der Waals surface area (Å²) in [5.74, 6) is 0.683. The number of nitrogens with one attached hydrogen (secondary N) is 1. The molecular formula is C24H25N7O3. The van der Waals surface area contributed by atoms with Crippen LogP contribution in [0, 0.1) is 0 Å². The van der Waals surface area contributed by atoms with Crippen LogP contribution < -0.4 is 14.8 Å². The number of ether oxygens (including phenoxy) is 2. The summed E-state index contributed by atoms with van der Waals surface area (Å²) in [6.45, 7) is 3.49. The van der Waals surface area contributed by atoms with Gasteiger partial charge in [-0.1, -0.05) is 12.1 Å². The standard InChI is InChI=1S/C24H25N7O3/c1-25-30-21(31(2)18-8-9-18)16-6-5-7-17(12-16)28-22(32)20-13-15(10-11-26-20)19-14-27-24(34-4)29-23(19)33-3/h5-7,10-14,18H,1,8-9H2,2-4H3,(H,28,32)/b30-21-. The average molecular weight is 460 g/mol. The van der Waals surface area contributed by atoms with Crippen LogP contribution in [-0.4, -0.2) is 65.6 Å². The van der Waals surface area contributed by atoms with E-state index in [1.807, 2.05) is 31.3 Å². The van der Waals surface area contributed by atoms with Crippen molar-refractivity contribution in [1.29, 1.82) is 0 Å². The van der Waals surface area contributed by atoms with Crippen LogP contribution in [0.5, 0.6) is 11.9 Å². The predicted molar refractivity (Wildman–Crippen MR) is 130 cm³/mol. The minimum Gasteiger partial charge on any atom is -0.480 e. The molecule has 0 unspecified atom stereocenters. The van der Waals surface area contributed by atoms with E-state index in [2.05, 4.69) is 42.1 Å². The first-order chi connectivity index (χ1) is 16.5. The van der Waals surface area contributed by atoms with E-state index in [9.17, 15) is 4.79 Å². The van der Waals surface area contributed by atoms with E-state index < -0.39 is 0 Å². The lowest BCUT2D eigenvalue weighted by molar-refractivity contribution is 0.102. The fourth-order valence-electron chi connectivity index (χ4n) is 3.49. The molecule has 10 nitrogen and oxygen atoms in total. The Kier molecular flexibility index (Phi) is 6.77. The summed E-state index contributed by atoms with van der Waals surface area (Å²) in [6, 6.07) is 11.5. The van der Waals surface area contributed by atoms with Crippen molar-refractivity contribution in [2.24, 2.45) is 10.2 Å². The van der Waals surface area contributed by atoms with E-state index >= 15 is 0 Å². The number of carbonyl (C=O) groups is 1. The topological polar surface area (TPSA) is 114 Å². The first-order valence-corrected chi connectivity index (χ1v) is 10.6. The van der Waals surface area contributed by atoms with Crippen LogP contribution in [0.2, 0.25) is 0 Å². The summed E-state index contributed by atoms with van der Waals surface area (Å²) in [4.78, 5) is 27.6. The molecule has 1 aliphatic carbocycles. The zero-order valence-corrected chi connectivity index (χ0v) is 19.2. The van der Waals surface area contributed by atoms with E-state index in [1.165, 1.54) is 14.2 Å². The number of rotatable bonds is 8. The van der Waals surface area contributed by atoms with Crippen LogP contribution >= 0.6 is 0 Å². The quantitative estimate of drug-likeness (QED) is 0.312. The van der Waals surface area contributed by atoms with E-state index in [0.29, 0.717) is 34.6 Å². The van der Waals surface area contributed by atoms with Crippen LogP contribution in [0.15, 0.2) is 59.0 Å². The van der Waals surface area contributed by atoms with Crippen LogP contribution in [-0.2, 0) is 0 Å². The van der Waals surface area contributed by atoms with Crippen LogP contribution in [0.1, 0.15) is 28.9 Å². The van der Waals surface area contributed by atoms with Gasteiger partial charge in [0, 0.05) is 43.5 Å². The average Bonchev–Trinajstić information content (AvgIpc) is 3.72. The molecule has 1 saturated carbocycles. The zero-order chi connectivity index (χ0) is 24.1. The normalized spacial score (nSPS) is 13.2. The second-order valence-corrected chi connectivity index (χ2v) is 7.65. The highest BCUT2D eigenvalue weighted by Crippen LogP contribution is 2.29. The monoisotopic (exact) mass is 459 g/mol. The Morgan fingerprint density at radius 3 is 2.71 bits per heavy atom. The fourth-order valence-corrected chi connectivity index (χ4v) is 3.49. The van der Waals surface area contributed by atoms with Crippen molar-refractivity contribution < 1.29 is 14.3 Å². The number of anilines is 1. The Balaban J connectivity index is 1.57. The number of amidine groups is 1. The number of benzene rings is 1. The lowest BCUT2D eigenvalue weighted by Crippen LogP contribution is -2.29. The SMILES string of the molecule is C=N/N=C(/c1cccc(NC(=O)c2cc(-c3cnc(OC)nc3OC)ccn2)c1)N(C)C1CC1. The van der Waals surface area contributed by atoms with Crippen molar-refractivity contribution in [3.05, 3.63) is 60.0 Å². The molecule has 0 atom stereocenters. The Morgan fingerprint density at radius 2 is 2.00 bits per heavy atom. The molecule has 1 aliphatic rings. The number of nitrogens with zero attached hydrogens (tertiary/aromatic N) is 6. The van der Waals surface area contributed by atoms with Gasteiger partial charge in [0.1, 0.15) is 5.69 Å². The van der Waals surface area contributed by atoms with Gasteiger partial charge in [0.15, 0.2) is 5.84 Å². The molecule has 1 fully saturated rings. The molecule has 0 saturated heterocycles. The molecule has 2 aromatic heterocycles. The molecule has 10 heteroatoms. The Bertz CT molecular complexity index is 1240. The number of aromatic nitrogens is 3. The van der Waals surface area contributed by atoms with E-state index in [-0.39, 0.29) is 17.6 Å². The highest BCUT2D eigenvalue weighted by atomic mass is 16.5. The van der Waals surface area contributed by atoms with Gasteiger partial charge >= 0.3 is 6.01 Å². The van der Waals surface area contributed by atoms with Crippen LogP contribution in [0.25, 0.3) is 11.1 Å². The third-order valence-corrected chi connectivity index (χ3v) is 5.38. The smallest absolute Gasteiger partial charge is 0.319 e. The predicted octanol–water partition coefficient (Wildman–Crippen LogP) is 3.26. The number of methoxy groups -OCH3 is 2. The van der Waals surface area contributed by atoms with Gasteiger partial charge in [-0.05, 0) is 42.7 Å². The third kappa shape index (κ3) is 5.01. The lowest BCUT2D eigenvalue weighted by atomic mass is 10.1. The van der Waals surface area contributed by atoms with Gasteiger partial charge in [0.05, 0.1) is 19.8 Å². The second kappa shape index (κ2) is 10.1. The molecule has 0 bridgehead atoms. The number of pyridine rings is 1. The summed E-state index contributed by atoms with van der Waals surface area (Å²) >= 11 is 0.